The molecule has 0 unspecified atom stereocenters. The van der Waals surface area contributed by atoms with Gasteiger partial charge < -0.3 is 0 Å². The molecule has 33 heavy (non-hydrogen) atoms. The van der Waals surface area contributed by atoms with Gasteiger partial charge in [0.05, 0.1) is 0 Å². The van der Waals surface area contributed by atoms with Gasteiger partial charge in [0, 0.05) is 18.6 Å². The van der Waals surface area contributed by atoms with E-state index in [1.54, 1.807) is 0 Å². The summed E-state index contributed by atoms with van der Waals surface area (Å²) in [6.07, 6.45) is 31.4. The molecule has 2 aromatic rings. The topological polar surface area (TPSA) is 38.7 Å². The largest absolute Gasteiger partial charge is 0.253 e. The quantitative estimate of drug-likeness (QED) is 0.188. The first-order valence-electron chi connectivity index (χ1n) is 14.1. The first-order chi connectivity index (χ1) is 16.3. The van der Waals surface area contributed by atoms with Gasteiger partial charge in [-0.15, -0.1) is 0 Å². The molecule has 0 radical (unpaired) electrons. The summed E-state index contributed by atoms with van der Waals surface area (Å²) in [6.45, 7) is 4.56. The average Bonchev–Trinajstić information content (AvgIpc) is 2.85. The van der Waals surface area contributed by atoms with Crippen molar-refractivity contribution in [3.05, 3.63) is 41.9 Å². The zero-order valence-corrected chi connectivity index (χ0v) is 21.7. The van der Waals surface area contributed by atoms with E-state index in [4.69, 9.17) is 0 Å². The molecule has 3 nitrogen and oxygen atoms in total. The van der Waals surface area contributed by atoms with E-state index >= 15 is 0 Å². The van der Waals surface area contributed by atoms with Crippen LogP contribution >= 0.6 is 0 Å². The number of hydrogen-bond acceptors (Lipinski definition) is 3. The summed E-state index contributed by atoms with van der Waals surface area (Å²) in [4.78, 5) is 13.8. The monoisotopic (exact) mass is 451 g/mol. The van der Waals surface area contributed by atoms with Crippen molar-refractivity contribution in [3.63, 3.8) is 0 Å². The van der Waals surface area contributed by atoms with Gasteiger partial charge in [-0.3, -0.25) is 4.98 Å². The van der Waals surface area contributed by atoms with Crippen molar-refractivity contribution in [3.8, 4) is 11.5 Å². The van der Waals surface area contributed by atoms with E-state index in [-0.39, 0.29) is 0 Å². The Hall–Kier alpha value is -1.77. The Morgan fingerprint density at radius 1 is 0.455 bits per heavy atom. The minimum atomic E-state index is 0.740. The van der Waals surface area contributed by atoms with Crippen LogP contribution in [-0.4, -0.2) is 15.0 Å². The summed E-state index contributed by atoms with van der Waals surface area (Å²) in [5, 5.41) is 0. The van der Waals surface area contributed by atoms with Crippen molar-refractivity contribution >= 4 is 0 Å². The molecular weight excluding hydrogens is 402 g/mol. The van der Waals surface area contributed by atoms with Crippen LogP contribution in [-0.2, 0) is 12.8 Å². The fourth-order valence-electron chi connectivity index (χ4n) is 4.42. The second-order valence-electron chi connectivity index (χ2n) is 9.77. The van der Waals surface area contributed by atoms with E-state index in [1.807, 2.05) is 18.6 Å². The highest BCUT2D eigenvalue weighted by atomic mass is 14.9. The van der Waals surface area contributed by atoms with Crippen LogP contribution in [0, 0.1) is 0 Å². The first kappa shape index (κ1) is 27.5. The van der Waals surface area contributed by atoms with Crippen LogP contribution in [0.5, 0.6) is 0 Å². The predicted octanol–water partition coefficient (Wildman–Crippen LogP) is 9.30. The van der Waals surface area contributed by atoms with Gasteiger partial charge in [0.2, 0.25) is 0 Å². The Morgan fingerprint density at radius 3 is 1.33 bits per heavy atom. The lowest BCUT2D eigenvalue weighted by Crippen LogP contribution is -1.96. The summed E-state index contributed by atoms with van der Waals surface area (Å²) < 4.78 is 0. The van der Waals surface area contributed by atoms with Gasteiger partial charge in [-0.25, -0.2) is 9.97 Å². The average molecular weight is 452 g/mol. The van der Waals surface area contributed by atoms with Gasteiger partial charge in [-0.1, -0.05) is 116 Å². The van der Waals surface area contributed by atoms with Crippen LogP contribution in [0.25, 0.3) is 11.5 Å². The van der Waals surface area contributed by atoms with Crippen molar-refractivity contribution in [2.75, 3.05) is 0 Å². The maximum absolute atomic E-state index is 4.62. The maximum Gasteiger partial charge on any atom is 0.178 e. The number of aryl methyl sites for hydroxylation is 2. The molecule has 2 aromatic heterocycles. The summed E-state index contributed by atoms with van der Waals surface area (Å²) >= 11 is 0. The van der Waals surface area contributed by atoms with Gasteiger partial charge in [-0.2, -0.15) is 0 Å². The third-order valence-corrected chi connectivity index (χ3v) is 6.65. The molecule has 184 valence electrons. The zero-order valence-electron chi connectivity index (χ0n) is 21.7. The fourth-order valence-corrected chi connectivity index (χ4v) is 4.42. The van der Waals surface area contributed by atoms with Crippen LogP contribution in [0.4, 0.5) is 0 Å². The van der Waals surface area contributed by atoms with E-state index in [9.17, 15) is 0 Å². The summed E-state index contributed by atoms with van der Waals surface area (Å²) in [5.41, 5.74) is 3.45. The molecule has 0 aliphatic rings. The molecule has 0 spiro atoms. The molecule has 0 aromatic carbocycles. The molecule has 0 saturated heterocycles. The third kappa shape index (κ3) is 12.9. The zero-order chi connectivity index (χ0) is 23.4. The van der Waals surface area contributed by atoms with Crippen LogP contribution in [0.15, 0.2) is 30.7 Å². The SMILES string of the molecule is CCCCCCCCCCCc1cnc(-c2ccc(CCCCCCCCCC)cn2)nc1. The number of unbranched alkanes of at least 4 members (excludes halogenated alkanes) is 15. The normalized spacial score (nSPS) is 11.2. The minimum Gasteiger partial charge on any atom is -0.253 e. The second-order valence-corrected chi connectivity index (χ2v) is 9.77. The summed E-state index contributed by atoms with van der Waals surface area (Å²) in [7, 11) is 0. The number of hydrogen-bond donors (Lipinski definition) is 0. The number of nitrogens with zero attached hydrogens (tertiary/aromatic N) is 3. The molecule has 0 aliphatic heterocycles. The third-order valence-electron chi connectivity index (χ3n) is 6.65. The summed E-state index contributed by atoms with van der Waals surface area (Å²) in [6, 6.07) is 4.28. The smallest absolute Gasteiger partial charge is 0.178 e. The van der Waals surface area contributed by atoms with Gasteiger partial charge in [0.1, 0.15) is 5.69 Å². The Labute approximate surface area is 204 Å². The van der Waals surface area contributed by atoms with Crippen molar-refractivity contribution < 1.29 is 0 Å². The van der Waals surface area contributed by atoms with Crippen molar-refractivity contribution in [1.82, 2.24) is 15.0 Å². The highest BCUT2D eigenvalue weighted by Gasteiger charge is 2.04. The first-order valence-corrected chi connectivity index (χ1v) is 14.1. The molecule has 0 amide bonds. The molecular formula is C30H49N3. The lowest BCUT2D eigenvalue weighted by atomic mass is 10.0. The summed E-state index contributed by atoms with van der Waals surface area (Å²) in [5.74, 6) is 0.740. The van der Waals surface area contributed by atoms with E-state index in [0.717, 1.165) is 24.4 Å². The molecule has 0 aliphatic carbocycles. The predicted molar refractivity (Wildman–Crippen MR) is 143 cm³/mol. The molecule has 0 atom stereocenters. The standard InChI is InChI=1S/C30H49N3/c1-3-5-7-9-11-13-15-17-19-21-28-25-32-30(33-26-28)29-23-22-27(24-31-29)20-18-16-14-12-10-8-6-4-2/h22-26H,3-21H2,1-2H3. The molecule has 0 bridgehead atoms. The lowest BCUT2D eigenvalue weighted by molar-refractivity contribution is 0.564. The van der Waals surface area contributed by atoms with E-state index in [0.29, 0.717) is 0 Å². The Balaban J connectivity index is 1.59. The Kier molecular flexibility index (Phi) is 15.5. The van der Waals surface area contributed by atoms with Crippen molar-refractivity contribution in [2.45, 2.75) is 136 Å². The van der Waals surface area contributed by atoms with E-state index < -0.39 is 0 Å². The lowest BCUT2D eigenvalue weighted by Gasteiger charge is -2.05. The highest BCUT2D eigenvalue weighted by Crippen LogP contribution is 2.16. The number of pyridine rings is 1. The van der Waals surface area contributed by atoms with Crippen LogP contribution in [0.1, 0.15) is 134 Å². The van der Waals surface area contributed by atoms with Crippen molar-refractivity contribution in [2.24, 2.45) is 0 Å². The van der Waals surface area contributed by atoms with Crippen molar-refractivity contribution in [1.29, 1.82) is 0 Å². The maximum atomic E-state index is 4.62. The number of rotatable bonds is 20. The Bertz CT molecular complexity index is 693. The van der Waals surface area contributed by atoms with Crippen LogP contribution < -0.4 is 0 Å². The molecule has 0 fully saturated rings. The molecule has 2 rings (SSSR count). The molecule has 0 N–H and O–H groups in total. The van der Waals surface area contributed by atoms with Crippen LogP contribution in [0.3, 0.4) is 0 Å². The van der Waals surface area contributed by atoms with E-state index in [2.05, 4.69) is 40.9 Å². The number of aromatic nitrogens is 3. The Morgan fingerprint density at radius 2 is 0.879 bits per heavy atom. The minimum absolute atomic E-state index is 0.740. The van der Waals surface area contributed by atoms with Gasteiger partial charge in [-0.05, 0) is 42.9 Å². The van der Waals surface area contributed by atoms with Gasteiger partial charge in [0.25, 0.3) is 0 Å². The molecule has 3 heteroatoms. The highest BCUT2D eigenvalue weighted by molar-refractivity contribution is 5.48. The van der Waals surface area contributed by atoms with Crippen LogP contribution in [0.2, 0.25) is 0 Å². The van der Waals surface area contributed by atoms with E-state index in [1.165, 1.54) is 120 Å². The van der Waals surface area contributed by atoms with Gasteiger partial charge in [0.15, 0.2) is 5.82 Å². The fraction of sp³-hybridized carbons (Fsp3) is 0.700. The molecule has 2 heterocycles. The van der Waals surface area contributed by atoms with Gasteiger partial charge >= 0.3 is 0 Å². The second kappa shape index (κ2) is 18.6. The molecule has 0 saturated carbocycles.